The number of methoxy groups -OCH3 is 1. The second kappa shape index (κ2) is 6.88. The molecule has 0 fully saturated rings. The lowest BCUT2D eigenvalue weighted by molar-refractivity contribution is 0.0615. The zero-order chi connectivity index (χ0) is 14.5. The third kappa shape index (κ3) is 3.59. The molecule has 2 rings (SSSR count). The highest BCUT2D eigenvalue weighted by atomic mass is 79.9. The van der Waals surface area contributed by atoms with Gasteiger partial charge in [0.15, 0.2) is 0 Å². The number of nitrogens with zero attached hydrogens (tertiary/aromatic N) is 1. The number of aromatic nitrogens is 1. The van der Waals surface area contributed by atoms with Crippen molar-refractivity contribution in [1.29, 1.82) is 0 Å². The molecule has 4 N–H and O–H groups in total. The van der Waals surface area contributed by atoms with E-state index in [-0.39, 0.29) is 0 Å². The largest absolute Gasteiger partial charge is 0.398 e. The van der Waals surface area contributed by atoms with Crippen LogP contribution in [0.1, 0.15) is 6.42 Å². The number of aliphatic hydroxyl groups is 1. The van der Waals surface area contributed by atoms with Crippen LogP contribution >= 0.6 is 15.9 Å². The van der Waals surface area contributed by atoms with Gasteiger partial charge in [-0.15, -0.1) is 0 Å². The molecule has 0 saturated carbocycles. The number of ether oxygens (including phenoxy) is 1. The van der Waals surface area contributed by atoms with Crippen molar-refractivity contribution in [3.8, 4) is 0 Å². The molecule has 1 aromatic carbocycles. The number of pyridine rings is 1. The van der Waals surface area contributed by atoms with Crippen LogP contribution in [0.25, 0.3) is 10.9 Å². The highest BCUT2D eigenvalue weighted by Crippen LogP contribution is 2.28. The predicted octanol–water partition coefficient (Wildman–Crippen LogP) is 2.39. The van der Waals surface area contributed by atoms with Crippen molar-refractivity contribution < 1.29 is 9.84 Å². The normalized spacial score (nSPS) is 12.6. The van der Waals surface area contributed by atoms with Gasteiger partial charge in [0.2, 0.25) is 0 Å². The lowest BCUT2D eigenvalue weighted by Gasteiger charge is -2.13. The van der Waals surface area contributed by atoms with Crippen molar-refractivity contribution in [2.75, 3.05) is 31.3 Å². The maximum atomic E-state index is 9.61. The van der Waals surface area contributed by atoms with E-state index < -0.39 is 6.10 Å². The van der Waals surface area contributed by atoms with Gasteiger partial charge in [0.25, 0.3) is 0 Å². The number of nitrogens with two attached hydrogens (primary N) is 1. The predicted molar refractivity (Wildman–Crippen MR) is 84.8 cm³/mol. The summed E-state index contributed by atoms with van der Waals surface area (Å²) in [6.07, 6.45) is 1.89. The zero-order valence-electron chi connectivity index (χ0n) is 11.3. The van der Waals surface area contributed by atoms with Gasteiger partial charge in [0.05, 0.1) is 23.9 Å². The van der Waals surface area contributed by atoms with Gasteiger partial charge in [-0.1, -0.05) is 0 Å². The summed E-state index contributed by atoms with van der Waals surface area (Å²) >= 11 is 3.39. The van der Waals surface area contributed by atoms with E-state index in [4.69, 9.17) is 10.5 Å². The number of rotatable bonds is 6. The molecule has 1 unspecified atom stereocenters. The van der Waals surface area contributed by atoms with Crippen LogP contribution in [0.15, 0.2) is 28.9 Å². The number of fused-ring (bicyclic) bond motifs is 1. The fraction of sp³-hybridized carbons (Fsp3) is 0.357. The summed E-state index contributed by atoms with van der Waals surface area (Å²) < 4.78 is 5.79. The smallest absolute Gasteiger partial charge is 0.0954 e. The maximum Gasteiger partial charge on any atom is 0.0954 e. The van der Waals surface area contributed by atoms with Crippen molar-refractivity contribution in [3.63, 3.8) is 0 Å². The standard InChI is InChI=1S/C14H18BrN3O2/c1-20-8-10(19)4-5-17-13-3-2-12(16)11-6-9(15)7-18-14(11)13/h2-3,6-7,10,17,19H,4-5,8,16H2,1H3. The van der Waals surface area contributed by atoms with Gasteiger partial charge in [0.1, 0.15) is 0 Å². The number of anilines is 2. The van der Waals surface area contributed by atoms with E-state index in [1.54, 1.807) is 13.3 Å². The van der Waals surface area contributed by atoms with Crippen LogP contribution < -0.4 is 11.1 Å². The van der Waals surface area contributed by atoms with Crippen LogP contribution in [0.5, 0.6) is 0 Å². The summed E-state index contributed by atoms with van der Waals surface area (Å²) in [5.74, 6) is 0. The van der Waals surface area contributed by atoms with E-state index in [9.17, 15) is 5.11 Å². The Morgan fingerprint density at radius 3 is 3.05 bits per heavy atom. The maximum absolute atomic E-state index is 9.61. The average molecular weight is 340 g/mol. The minimum Gasteiger partial charge on any atom is -0.398 e. The molecule has 0 radical (unpaired) electrons. The first kappa shape index (κ1) is 15.0. The summed E-state index contributed by atoms with van der Waals surface area (Å²) in [5, 5.41) is 13.8. The summed E-state index contributed by atoms with van der Waals surface area (Å²) in [7, 11) is 1.58. The van der Waals surface area contributed by atoms with Gasteiger partial charge in [-0.3, -0.25) is 4.98 Å². The number of nitrogens with one attached hydrogen (secondary N) is 1. The molecule has 1 atom stereocenters. The highest BCUT2D eigenvalue weighted by Gasteiger charge is 2.07. The number of benzene rings is 1. The first-order valence-corrected chi connectivity index (χ1v) is 7.15. The first-order chi connectivity index (χ1) is 9.61. The number of halogens is 1. The molecular formula is C14H18BrN3O2. The van der Waals surface area contributed by atoms with Crippen molar-refractivity contribution >= 4 is 38.2 Å². The van der Waals surface area contributed by atoms with E-state index in [1.165, 1.54) is 0 Å². The molecule has 0 saturated heterocycles. The molecule has 1 aromatic heterocycles. The number of aliphatic hydroxyl groups excluding tert-OH is 1. The van der Waals surface area contributed by atoms with Gasteiger partial charge < -0.3 is 20.9 Å². The lowest BCUT2D eigenvalue weighted by Crippen LogP contribution is -2.18. The summed E-state index contributed by atoms with van der Waals surface area (Å²) in [5.41, 5.74) is 8.40. The van der Waals surface area contributed by atoms with Crippen molar-refractivity contribution in [1.82, 2.24) is 4.98 Å². The Hall–Kier alpha value is -1.37. The van der Waals surface area contributed by atoms with Crippen LogP contribution in [-0.2, 0) is 4.74 Å². The summed E-state index contributed by atoms with van der Waals surface area (Å²) in [6.45, 7) is 0.983. The van der Waals surface area contributed by atoms with E-state index in [0.29, 0.717) is 25.3 Å². The Labute approximate surface area is 126 Å². The van der Waals surface area contributed by atoms with Crippen molar-refractivity contribution in [2.24, 2.45) is 0 Å². The van der Waals surface area contributed by atoms with Crippen LogP contribution in [0.2, 0.25) is 0 Å². The average Bonchev–Trinajstić information content (AvgIpc) is 2.42. The molecule has 5 nitrogen and oxygen atoms in total. The fourth-order valence-corrected chi connectivity index (χ4v) is 2.34. The van der Waals surface area contributed by atoms with E-state index >= 15 is 0 Å². The molecule has 1 heterocycles. The summed E-state index contributed by atoms with van der Waals surface area (Å²) in [6, 6.07) is 5.70. The third-order valence-corrected chi connectivity index (χ3v) is 3.44. The molecule has 20 heavy (non-hydrogen) atoms. The highest BCUT2D eigenvalue weighted by molar-refractivity contribution is 9.10. The van der Waals surface area contributed by atoms with Crippen molar-refractivity contribution in [3.05, 3.63) is 28.9 Å². The van der Waals surface area contributed by atoms with E-state index in [0.717, 1.165) is 21.1 Å². The van der Waals surface area contributed by atoms with Gasteiger partial charge in [-0.25, -0.2) is 0 Å². The van der Waals surface area contributed by atoms with Crippen LogP contribution in [0.3, 0.4) is 0 Å². The minimum absolute atomic E-state index is 0.343. The van der Waals surface area contributed by atoms with Gasteiger partial charge in [-0.2, -0.15) is 0 Å². The van der Waals surface area contributed by atoms with Gasteiger partial charge in [0, 0.05) is 35.4 Å². The molecule has 0 spiro atoms. The van der Waals surface area contributed by atoms with E-state index in [1.807, 2.05) is 18.2 Å². The fourth-order valence-electron chi connectivity index (χ4n) is 2.01. The second-order valence-electron chi connectivity index (χ2n) is 4.58. The number of nitrogen functional groups attached to an aromatic ring is 1. The van der Waals surface area contributed by atoms with Crippen LogP contribution in [0.4, 0.5) is 11.4 Å². The Balaban J connectivity index is 2.13. The Bertz CT molecular complexity index is 592. The molecule has 0 amide bonds. The number of hydrogen-bond acceptors (Lipinski definition) is 5. The topological polar surface area (TPSA) is 80.4 Å². The van der Waals surface area contributed by atoms with Crippen LogP contribution in [0, 0.1) is 0 Å². The zero-order valence-corrected chi connectivity index (χ0v) is 12.9. The quantitative estimate of drug-likeness (QED) is 0.704. The summed E-state index contributed by atoms with van der Waals surface area (Å²) in [4.78, 5) is 4.40. The molecule has 0 bridgehead atoms. The molecule has 6 heteroatoms. The monoisotopic (exact) mass is 339 g/mol. The Morgan fingerprint density at radius 2 is 2.30 bits per heavy atom. The SMILES string of the molecule is COCC(O)CCNc1ccc(N)c2cc(Br)cnc12. The second-order valence-corrected chi connectivity index (χ2v) is 5.49. The van der Waals surface area contributed by atoms with E-state index in [2.05, 4.69) is 26.2 Å². The van der Waals surface area contributed by atoms with Gasteiger partial charge >= 0.3 is 0 Å². The lowest BCUT2D eigenvalue weighted by atomic mass is 10.1. The number of hydrogen-bond donors (Lipinski definition) is 3. The minimum atomic E-state index is -0.463. The van der Waals surface area contributed by atoms with Gasteiger partial charge in [-0.05, 0) is 40.5 Å². The molecule has 0 aliphatic carbocycles. The molecule has 2 aromatic rings. The Kier molecular flexibility index (Phi) is 5.17. The molecular weight excluding hydrogens is 322 g/mol. The van der Waals surface area contributed by atoms with Crippen LogP contribution in [-0.4, -0.2) is 36.5 Å². The molecule has 0 aliphatic heterocycles. The Morgan fingerprint density at radius 1 is 1.50 bits per heavy atom. The molecule has 108 valence electrons. The van der Waals surface area contributed by atoms with Crippen molar-refractivity contribution in [2.45, 2.75) is 12.5 Å². The third-order valence-electron chi connectivity index (χ3n) is 3.00. The molecule has 0 aliphatic rings. The first-order valence-electron chi connectivity index (χ1n) is 6.36.